The molecule has 1 aromatic carbocycles. The van der Waals surface area contributed by atoms with Gasteiger partial charge in [-0.05, 0) is 24.5 Å². The normalized spacial score (nSPS) is 40.9. The summed E-state index contributed by atoms with van der Waals surface area (Å²) < 4.78 is 5.48. The number of fused-ring (bicyclic) bond motifs is 1. The average molecular weight is 290 g/mol. The molecule has 5 heteroatoms. The molecule has 1 aliphatic heterocycles. The van der Waals surface area contributed by atoms with Crippen LogP contribution >= 0.6 is 11.8 Å². The Labute approximate surface area is 120 Å². The molecule has 2 saturated carbocycles. The molecule has 104 valence electrons. The lowest BCUT2D eigenvalue weighted by atomic mass is 9.80. The minimum absolute atomic E-state index is 0.0455. The third-order valence-electron chi connectivity index (χ3n) is 4.85. The molecule has 0 unspecified atom stereocenters. The van der Waals surface area contributed by atoms with Crippen LogP contribution in [0.3, 0.4) is 0 Å². The zero-order chi connectivity index (χ0) is 13.9. The van der Waals surface area contributed by atoms with Gasteiger partial charge in [0.15, 0.2) is 0 Å². The first kappa shape index (κ1) is 12.3. The number of carbonyl (C=O) groups excluding carboxylic acids is 1. The van der Waals surface area contributed by atoms with Crippen molar-refractivity contribution < 1.29 is 19.4 Å². The van der Waals surface area contributed by atoms with Gasteiger partial charge in [0, 0.05) is 10.8 Å². The third-order valence-corrected chi connectivity index (χ3v) is 6.28. The number of aliphatic carboxylic acids is 1. The van der Waals surface area contributed by atoms with Crippen molar-refractivity contribution in [2.24, 2.45) is 23.7 Å². The second-order valence-electron chi connectivity index (χ2n) is 5.75. The van der Waals surface area contributed by atoms with Crippen molar-refractivity contribution >= 4 is 23.7 Å². The third kappa shape index (κ3) is 1.56. The molecule has 4 nitrogen and oxygen atoms in total. The van der Waals surface area contributed by atoms with E-state index in [1.54, 1.807) is 11.8 Å². The topological polar surface area (TPSA) is 63.6 Å². The summed E-state index contributed by atoms with van der Waals surface area (Å²) in [6.45, 7) is 0. The number of hydrogen-bond donors (Lipinski definition) is 1. The molecule has 3 fully saturated rings. The van der Waals surface area contributed by atoms with E-state index in [4.69, 9.17) is 4.74 Å². The Morgan fingerprint density at radius 3 is 2.70 bits per heavy atom. The lowest BCUT2D eigenvalue weighted by Gasteiger charge is -2.29. The van der Waals surface area contributed by atoms with Crippen LogP contribution in [0, 0.1) is 23.7 Å². The van der Waals surface area contributed by atoms with Crippen LogP contribution in [-0.4, -0.2) is 28.4 Å². The molecule has 0 amide bonds. The van der Waals surface area contributed by atoms with Gasteiger partial charge in [-0.3, -0.25) is 9.59 Å². The van der Waals surface area contributed by atoms with Crippen molar-refractivity contribution in [1.82, 2.24) is 0 Å². The maximum Gasteiger partial charge on any atom is 0.310 e. The fourth-order valence-corrected chi connectivity index (χ4v) is 5.62. The zero-order valence-corrected chi connectivity index (χ0v) is 11.5. The van der Waals surface area contributed by atoms with E-state index in [1.807, 2.05) is 30.3 Å². The molecule has 2 aliphatic carbocycles. The van der Waals surface area contributed by atoms with Gasteiger partial charge in [-0.2, -0.15) is 0 Å². The SMILES string of the molecule is O=C1O[C@@H]2[C@H]3C[C@H]([C@H]2Sc2ccccc2)[C@@H](C(=O)O)[C@H]13. The van der Waals surface area contributed by atoms with E-state index < -0.39 is 17.8 Å². The van der Waals surface area contributed by atoms with E-state index >= 15 is 0 Å². The van der Waals surface area contributed by atoms with Crippen molar-refractivity contribution in [3.8, 4) is 0 Å². The highest BCUT2D eigenvalue weighted by atomic mass is 32.2. The van der Waals surface area contributed by atoms with Crippen molar-refractivity contribution in [3.63, 3.8) is 0 Å². The Morgan fingerprint density at radius 1 is 1.25 bits per heavy atom. The van der Waals surface area contributed by atoms with Crippen LogP contribution in [-0.2, 0) is 14.3 Å². The number of carboxylic acid groups (broad SMARTS) is 1. The lowest BCUT2D eigenvalue weighted by Crippen LogP contribution is -2.39. The first-order valence-corrected chi connectivity index (χ1v) is 7.70. The number of esters is 1. The number of thioether (sulfide) groups is 1. The molecule has 0 aromatic heterocycles. The van der Waals surface area contributed by atoms with Gasteiger partial charge >= 0.3 is 11.9 Å². The van der Waals surface area contributed by atoms with Crippen molar-refractivity contribution in [2.75, 3.05) is 0 Å². The van der Waals surface area contributed by atoms with Crippen molar-refractivity contribution in [1.29, 1.82) is 0 Å². The maximum atomic E-state index is 11.9. The number of hydrogen-bond acceptors (Lipinski definition) is 4. The Balaban J connectivity index is 1.66. The Morgan fingerprint density at radius 2 is 2.00 bits per heavy atom. The van der Waals surface area contributed by atoms with Gasteiger partial charge in [-0.1, -0.05) is 18.2 Å². The van der Waals surface area contributed by atoms with Crippen LogP contribution in [0.15, 0.2) is 35.2 Å². The predicted octanol–water partition coefficient (Wildman–Crippen LogP) is 2.04. The summed E-state index contributed by atoms with van der Waals surface area (Å²) in [7, 11) is 0. The fraction of sp³-hybridized carbons (Fsp3) is 0.467. The molecular weight excluding hydrogens is 276 g/mol. The predicted molar refractivity (Wildman–Crippen MR) is 72.2 cm³/mol. The van der Waals surface area contributed by atoms with Gasteiger partial charge in [0.05, 0.1) is 17.1 Å². The summed E-state index contributed by atoms with van der Waals surface area (Å²) in [6, 6.07) is 9.92. The van der Waals surface area contributed by atoms with Gasteiger partial charge in [0.2, 0.25) is 0 Å². The molecule has 1 heterocycles. The summed E-state index contributed by atoms with van der Waals surface area (Å²) in [5, 5.41) is 9.52. The standard InChI is InChI=1S/C15H14O4S/c16-14(17)10-9-6-8-11(10)15(18)19-12(8)13(9)20-7-4-2-1-3-5-7/h1-5,8-13H,6H2,(H,16,17)/t8-,9-,10+,11+,12+,13+/m0/s1. The molecule has 6 atom stereocenters. The van der Waals surface area contributed by atoms with E-state index in [0.717, 1.165) is 11.3 Å². The van der Waals surface area contributed by atoms with Crippen LogP contribution in [0.2, 0.25) is 0 Å². The van der Waals surface area contributed by atoms with E-state index in [0.29, 0.717) is 0 Å². The van der Waals surface area contributed by atoms with E-state index in [1.165, 1.54) is 0 Å². The summed E-state index contributed by atoms with van der Waals surface area (Å²) >= 11 is 1.66. The molecule has 20 heavy (non-hydrogen) atoms. The first-order valence-electron chi connectivity index (χ1n) is 6.82. The second-order valence-corrected chi connectivity index (χ2v) is 7.00. The number of carboxylic acids is 1. The van der Waals surface area contributed by atoms with Gasteiger partial charge < -0.3 is 9.84 Å². The average Bonchev–Trinajstić information content (AvgIpc) is 3.03. The number of carbonyl (C=O) groups is 2. The Hall–Kier alpha value is -1.49. The number of ether oxygens (including phenoxy) is 1. The second kappa shape index (κ2) is 4.25. The summed E-state index contributed by atoms with van der Waals surface area (Å²) in [5.74, 6) is -1.97. The molecule has 4 rings (SSSR count). The number of rotatable bonds is 3. The Kier molecular flexibility index (Phi) is 2.61. The molecule has 1 aromatic rings. The zero-order valence-electron chi connectivity index (χ0n) is 10.6. The molecule has 3 aliphatic rings. The van der Waals surface area contributed by atoms with Crippen LogP contribution < -0.4 is 0 Å². The molecule has 2 bridgehead atoms. The van der Waals surface area contributed by atoms with Gasteiger partial charge in [0.1, 0.15) is 6.10 Å². The summed E-state index contributed by atoms with van der Waals surface area (Å²) in [4.78, 5) is 24.5. The van der Waals surface area contributed by atoms with E-state index in [-0.39, 0.29) is 29.2 Å². The molecule has 1 N–H and O–H groups in total. The van der Waals surface area contributed by atoms with Gasteiger partial charge in [-0.15, -0.1) is 11.8 Å². The van der Waals surface area contributed by atoms with E-state index in [2.05, 4.69) is 0 Å². The quantitative estimate of drug-likeness (QED) is 0.863. The first-order chi connectivity index (χ1) is 9.66. The van der Waals surface area contributed by atoms with Crippen LogP contribution in [0.1, 0.15) is 6.42 Å². The maximum absolute atomic E-state index is 11.9. The minimum atomic E-state index is -0.849. The highest BCUT2D eigenvalue weighted by Gasteiger charge is 2.68. The van der Waals surface area contributed by atoms with Crippen LogP contribution in [0.25, 0.3) is 0 Å². The summed E-state index contributed by atoms with van der Waals surface area (Å²) in [6.07, 6.45) is 0.709. The minimum Gasteiger partial charge on any atom is -0.481 e. The molecule has 1 saturated heterocycles. The molecular formula is C15H14O4S. The van der Waals surface area contributed by atoms with Crippen molar-refractivity contribution in [2.45, 2.75) is 22.7 Å². The highest BCUT2D eigenvalue weighted by Crippen LogP contribution is 2.61. The fourth-order valence-electron chi connectivity index (χ4n) is 4.14. The Bertz CT molecular complexity index is 572. The number of benzene rings is 1. The summed E-state index contributed by atoms with van der Waals surface area (Å²) in [5.41, 5.74) is 0. The van der Waals surface area contributed by atoms with E-state index in [9.17, 15) is 14.7 Å². The van der Waals surface area contributed by atoms with Crippen LogP contribution in [0.5, 0.6) is 0 Å². The van der Waals surface area contributed by atoms with Gasteiger partial charge in [0.25, 0.3) is 0 Å². The smallest absolute Gasteiger partial charge is 0.310 e. The molecule has 0 radical (unpaired) electrons. The highest BCUT2D eigenvalue weighted by molar-refractivity contribution is 8.00. The molecule has 0 spiro atoms. The van der Waals surface area contributed by atoms with Crippen LogP contribution in [0.4, 0.5) is 0 Å². The monoisotopic (exact) mass is 290 g/mol. The van der Waals surface area contributed by atoms with Crippen molar-refractivity contribution in [3.05, 3.63) is 30.3 Å². The lowest BCUT2D eigenvalue weighted by molar-refractivity contribution is -0.151. The van der Waals surface area contributed by atoms with Gasteiger partial charge in [-0.25, -0.2) is 0 Å². The largest absolute Gasteiger partial charge is 0.481 e.